The molecular formula is C22H25ClN2O4. The normalized spacial score (nSPS) is 18.8. The van der Waals surface area contributed by atoms with Gasteiger partial charge in [-0.25, -0.2) is 0 Å². The molecule has 7 heteroatoms. The fraction of sp³-hybridized carbons (Fsp3) is 0.364. The summed E-state index contributed by atoms with van der Waals surface area (Å²) < 4.78 is 10.5. The summed E-state index contributed by atoms with van der Waals surface area (Å²) in [6.07, 6.45) is 0.677. The van der Waals surface area contributed by atoms with E-state index in [1.807, 2.05) is 11.8 Å². The molecular weight excluding hydrogens is 392 g/mol. The smallest absolute Gasteiger partial charge is 0.254 e. The summed E-state index contributed by atoms with van der Waals surface area (Å²) in [7, 11) is 3.10. The summed E-state index contributed by atoms with van der Waals surface area (Å²) >= 11 is 6.12. The Balaban J connectivity index is 1.64. The summed E-state index contributed by atoms with van der Waals surface area (Å²) in [5.74, 6) is 0.965. The first-order valence-electron chi connectivity index (χ1n) is 9.51. The number of methoxy groups -OCH3 is 2. The standard InChI is InChI=1S/C22H25ClN2O4/c1-14-13-25(22(27)15-8-9-19(28-2)20(12-15)29-3)11-10-18(14)24-21(26)16-6-4-5-7-17(16)23/h4-9,12,14,18H,10-11,13H2,1-3H3,(H,24,26)/t14-,18-/m0/s1. The van der Waals surface area contributed by atoms with Crippen LogP contribution in [-0.4, -0.2) is 50.1 Å². The van der Waals surface area contributed by atoms with Gasteiger partial charge in [0.2, 0.25) is 0 Å². The van der Waals surface area contributed by atoms with E-state index in [2.05, 4.69) is 5.32 Å². The van der Waals surface area contributed by atoms with E-state index in [0.717, 1.165) is 0 Å². The maximum atomic E-state index is 12.9. The highest BCUT2D eigenvalue weighted by Crippen LogP contribution is 2.29. The average molecular weight is 417 g/mol. The molecule has 154 valence electrons. The molecule has 6 nitrogen and oxygen atoms in total. The van der Waals surface area contributed by atoms with Crippen molar-refractivity contribution in [3.8, 4) is 11.5 Å². The van der Waals surface area contributed by atoms with E-state index in [-0.39, 0.29) is 23.8 Å². The number of likely N-dealkylation sites (tertiary alicyclic amines) is 1. The molecule has 0 radical (unpaired) electrons. The Bertz CT molecular complexity index is 902. The predicted molar refractivity (Wildman–Crippen MR) is 112 cm³/mol. The second-order valence-electron chi connectivity index (χ2n) is 7.15. The highest BCUT2D eigenvalue weighted by Gasteiger charge is 2.31. The van der Waals surface area contributed by atoms with Crippen LogP contribution < -0.4 is 14.8 Å². The van der Waals surface area contributed by atoms with Crippen molar-refractivity contribution in [2.45, 2.75) is 19.4 Å². The summed E-state index contributed by atoms with van der Waals surface area (Å²) in [6, 6.07) is 12.1. The third-order valence-corrected chi connectivity index (χ3v) is 5.59. The number of piperidine rings is 1. The molecule has 0 aromatic heterocycles. The number of hydrogen-bond donors (Lipinski definition) is 1. The van der Waals surface area contributed by atoms with Crippen molar-refractivity contribution >= 4 is 23.4 Å². The number of nitrogens with zero attached hydrogens (tertiary/aromatic N) is 1. The molecule has 0 aliphatic carbocycles. The van der Waals surface area contributed by atoms with Crippen LogP contribution in [0.2, 0.25) is 5.02 Å². The Hall–Kier alpha value is -2.73. The Kier molecular flexibility index (Phi) is 6.64. The SMILES string of the molecule is COc1ccc(C(=O)N2CC[C@H](NC(=O)c3ccccc3Cl)[C@@H](C)C2)cc1OC. The molecule has 3 rings (SSSR count). The number of ether oxygens (including phenoxy) is 2. The Morgan fingerprint density at radius 2 is 1.83 bits per heavy atom. The summed E-state index contributed by atoms with van der Waals surface area (Å²) in [5.41, 5.74) is 1.01. The minimum atomic E-state index is -0.188. The van der Waals surface area contributed by atoms with E-state index in [0.29, 0.717) is 47.2 Å². The molecule has 0 spiro atoms. The third-order valence-electron chi connectivity index (χ3n) is 5.26. The molecule has 0 saturated carbocycles. The average Bonchev–Trinajstić information content (AvgIpc) is 2.74. The number of hydrogen-bond acceptors (Lipinski definition) is 4. The Morgan fingerprint density at radius 3 is 2.48 bits per heavy atom. The molecule has 1 aliphatic heterocycles. The third kappa shape index (κ3) is 4.65. The first-order valence-corrected chi connectivity index (χ1v) is 9.89. The van der Waals surface area contributed by atoms with Crippen molar-refractivity contribution in [3.05, 3.63) is 58.6 Å². The van der Waals surface area contributed by atoms with Gasteiger partial charge in [-0.2, -0.15) is 0 Å². The second-order valence-corrected chi connectivity index (χ2v) is 7.55. The van der Waals surface area contributed by atoms with E-state index < -0.39 is 0 Å². The number of benzene rings is 2. The highest BCUT2D eigenvalue weighted by molar-refractivity contribution is 6.33. The zero-order valence-electron chi connectivity index (χ0n) is 16.8. The summed E-state index contributed by atoms with van der Waals surface area (Å²) in [6.45, 7) is 3.15. The van der Waals surface area contributed by atoms with Crippen LogP contribution in [0.5, 0.6) is 11.5 Å². The number of carbonyl (C=O) groups is 2. The molecule has 2 aromatic carbocycles. The highest BCUT2D eigenvalue weighted by atomic mass is 35.5. The van der Waals surface area contributed by atoms with Crippen molar-refractivity contribution in [3.63, 3.8) is 0 Å². The lowest BCUT2D eigenvalue weighted by Gasteiger charge is -2.37. The fourth-order valence-electron chi connectivity index (χ4n) is 3.59. The fourth-order valence-corrected chi connectivity index (χ4v) is 3.81. The van der Waals surface area contributed by atoms with Gasteiger partial charge in [0.25, 0.3) is 11.8 Å². The molecule has 1 aliphatic rings. The maximum absolute atomic E-state index is 12.9. The molecule has 1 saturated heterocycles. The molecule has 1 fully saturated rings. The molecule has 2 atom stereocenters. The van der Waals surface area contributed by atoms with Crippen molar-refractivity contribution in [1.29, 1.82) is 0 Å². The van der Waals surface area contributed by atoms with Crippen molar-refractivity contribution in [2.75, 3.05) is 27.3 Å². The number of amides is 2. The number of rotatable bonds is 5. The van der Waals surface area contributed by atoms with Crippen molar-refractivity contribution in [2.24, 2.45) is 5.92 Å². The van der Waals surface area contributed by atoms with Crippen molar-refractivity contribution in [1.82, 2.24) is 10.2 Å². The summed E-state index contributed by atoms with van der Waals surface area (Å²) in [5, 5.41) is 3.49. The zero-order chi connectivity index (χ0) is 21.0. The minimum Gasteiger partial charge on any atom is -0.493 e. The van der Waals surface area contributed by atoms with E-state index in [1.165, 1.54) is 0 Å². The van der Waals surface area contributed by atoms with E-state index in [9.17, 15) is 9.59 Å². The van der Waals surface area contributed by atoms with Crippen LogP contribution in [0.1, 0.15) is 34.1 Å². The molecule has 1 heterocycles. The first kappa shape index (κ1) is 21.0. The van der Waals surface area contributed by atoms with E-state index >= 15 is 0 Å². The van der Waals surface area contributed by atoms with Crippen LogP contribution in [0, 0.1) is 5.92 Å². The van der Waals surface area contributed by atoms with Gasteiger partial charge in [0, 0.05) is 24.7 Å². The van der Waals surface area contributed by atoms with Crippen LogP contribution in [0.3, 0.4) is 0 Å². The van der Waals surface area contributed by atoms with Gasteiger partial charge >= 0.3 is 0 Å². The second kappa shape index (κ2) is 9.18. The lowest BCUT2D eigenvalue weighted by molar-refractivity contribution is 0.0633. The quantitative estimate of drug-likeness (QED) is 0.808. The Morgan fingerprint density at radius 1 is 1.10 bits per heavy atom. The van der Waals surface area contributed by atoms with Gasteiger partial charge < -0.3 is 19.7 Å². The topological polar surface area (TPSA) is 67.9 Å². The zero-order valence-corrected chi connectivity index (χ0v) is 17.5. The van der Waals surface area contributed by atoms with Gasteiger partial charge in [-0.15, -0.1) is 0 Å². The lowest BCUT2D eigenvalue weighted by Crippen LogP contribution is -2.51. The van der Waals surface area contributed by atoms with Crippen LogP contribution in [0.4, 0.5) is 0 Å². The Labute approximate surface area is 175 Å². The van der Waals surface area contributed by atoms with Gasteiger partial charge in [0.15, 0.2) is 11.5 Å². The molecule has 0 unspecified atom stereocenters. The van der Waals surface area contributed by atoms with Crippen LogP contribution >= 0.6 is 11.6 Å². The summed E-state index contributed by atoms with van der Waals surface area (Å²) in [4.78, 5) is 27.3. The molecule has 2 aromatic rings. The number of nitrogens with one attached hydrogen (secondary N) is 1. The van der Waals surface area contributed by atoms with E-state index in [1.54, 1.807) is 56.7 Å². The van der Waals surface area contributed by atoms with E-state index in [4.69, 9.17) is 21.1 Å². The van der Waals surface area contributed by atoms with Gasteiger partial charge in [-0.3, -0.25) is 9.59 Å². The predicted octanol–water partition coefficient (Wildman–Crippen LogP) is 3.64. The largest absolute Gasteiger partial charge is 0.493 e. The van der Waals surface area contributed by atoms with Gasteiger partial charge in [0.05, 0.1) is 24.8 Å². The molecule has 0 bridgehead atoms. The monoisotopic (exact) mass is 416 g/mol. The minimum absolute atomic E-state index is 0.0202. The molecule has 1 N–H and O–H groups in total. The maximum Gasteiger partial charge on any atom is 0.254 e. The van der Waals surface area contributed by atoms with Gasteiger partial charge in [-0.1, -0.05) is 30.7 Å². The van der Waals surface area contributed by atoms with Crippen LogP contribution in [0.15, 0.2) is 42.5 Å². The van der Waals surface area contributed by atoms with Gasteiger partial charge in [0.1, 0.15) is 0 Å². The molecule has 2 amide bonds. The first-order chi connectivity index (χ1) is 13.9. The lowest BCUT2D eigenvalue weighted by atomic mass is 9.93. The van der Waals surface area contributed by atoms with Crippen molar-refractivity contribution < 1.29 is 19.1 Å². The van der Waals surface area contributed by atoms with Gasteiger partial charge in [-0.05, 0) is 42.7 Å². The van der Waals surface area contributed by atoms with Crippen LogP contribution in [-0.2, 0) is 0 Å². The number of carbonyl (C=O) groups excluding carboxylic acids is 2. The van der Waals surface area contributed by atoms with Crippen LogP contribution in [0.25, 0.3) is 0 Å². The molecule has 29 heavy (non-hydrogen) atoms. The number of halogens is 1.